The molecule has 3 heterocycles. The van der Waals surface area contributed by atoms with E-state index in [4.69, 9.17) is 9.84 Å². The van der Waals surface area contributed by atoms with Crippen molar-refractivity contribution in [3.8, 4) is 11.4 Å². The van der Waals surface area contributed by atoms with Crippen LogP contribution in [0.25, 0.3) is 17.0 Å². The van der Waals surface area contributed by atoms with Crippen LogP contribution in [0.3, 0.4) is 0 Å². The first-order chi connectivity index (χ1) is 13.3. The van der Waals surface area contributed by atoms with E-state index >= 15 is 0 Å². The zero-order chi connectivity index (χ0) is 18.6. The SMILES string of the molecule is COCC(=O)N1CCCN(c2ccc3nnc(-c4ccccc4)n3n2)CC1. The fourth-order valence-electron chi connectivity index (χ4n) is 3.33. The van der Waals surface area contributed by atoms with Crippen LogP contribution in [0, 0.1) is 0 Å². The summed E-state index contributed by atoms with van der Waals surface area (Å²) in [6.45, 7) is 3.11. The van der Waals surface area contributed by atoms with Crippen molar-refractivity contribution in [1.29, 1.82) is 0 Å². The number of anilines is 1. The van der Waals surface area contributed by atoms with Gasteiger partial charge < -0.3 is 14.5 Å². The summed E-state index contributed by atoms with van der Waals surface area (Å²) in [5.41, 5.74) is 1.69. The van der Waals surface area contributed by atoms with Crippen LogP contribution in [0.1, 0.15) is 6.42 Å². The first-order valence-electron chi connectivity index (χ1n) is 9.06. The summed E-state index contributed by atoms with van der Waals surface area (Å²) in [6, 6.07) is 13.8. The summed E-state index contributed by atoms with van der Waals surface area (Å²) < 4.78 is 6.75. The number of nitrogens with zero attached hydrogens (tertiary/aromatic N) is 6. The van der Waals surface area contributed by atoms with Crippen molar-refractivity contribution in [1.82, 2.24) is 24.7 Å². The lowest BCUT2D eigenvalue weighted by Gasteiger charge is -2.22. The maximum Gasteiger partial charge on any atom is 0.248 e. The van der Waals surface area contributed by atoms with Crippen molar-refractivity contribution in [3.63, 3.8) is 0 Å². The van der Waals surface area contributed by atoms with Gasteiger partial charge in [-0.05, 0) is 18.6 Å². The van der Waals surface area contributed by atoms with Crippen molar-refractivity contribution >= 4 is 17.4 Å². The van der Waals surface area contributed by atoms with Crippen molar-refractivity contribution in [3.05, 3.63) is 42.5 Å². The Labute approximate surface area is 157 Å². The largest absolute Gasteiger partial charge is 0.375 e. The van der Waals surface area contributed by atoms with Crippen LogP contribution < -0.4 is 4.90 Å². The van der Waals surface area contributed by atoms with Crippen LogP contribution in [0.2, 0.25) is 0 Å². The molecule has 8 heteroatoms. The predicted octanol–water partition coefficient (Wildman–Crippen LogP) is 1.48. The van der Waals surface area contributed by atoms with Gasteiger partial charge in [-0.2, -0.15) is 4.52 Å². The molecule has 0 N–H and O–H groups in total. The zero-order valence-electron chi connectivity index (χ0n) is 15.3. The highest BCUT2D eigenvalue weighted by Crippen LogP contribution is 2.20. The second kappa shape index (κ2) is 7.71. The Morgan fingerprint density at radius 2 is 1.89 bits per heavy atom. The highest BCUT2D eigenvalue weighted by atomic mass is 16.5. The lowest BCUT2D eigenvalue weighted by atomic mass is 10.2. The molecule has 0 atom stereocenters. The summed E-state index contributed by atoms with van der Waals surface area (Å²) in [6.07, 6.45) is 0.892. The third-order valence-electron chi connectivity index (χ3n) is 4.72. The quantitative estimate of drug-likeness (QED) is 0.696. The molecular formula is C19H22N6O2. The third-order valence-corrected chi connectivity index (χ3v) is 4.72. The standard InChI is InChI=1S/C19H22N6O2/c1-27-14-18(26)24-11-5-10-23(12-13-24)17-9-8-16-20-21-19(25(16)22-17)15-6-3-2-4-7-15/h2-4,6-9H,5,10-14H2,1H3. The van der Waals surface area contributed by atoms with Crippen LogP contribution >= 0.6 is 0 Å². The highest BCUT2D eigenvalue weighted by Gasteiger charge is 2.20. The molecule has 0 radical (unpaired) electrons. The maximum absolute atomic E-state index is 12.1. The van der Waals surface area contributed by atoms with Crippen LogP contribution in [-0.4, -0.2) is 70.5 Å². The smallest absolute Gasteiger partial charge is 0.248 e. The molecule has 8 nitrogen and oxygen atoms in total. The fourth-order valence-corrected chi connectivity index (χ4v) is 3.33. The molecule has 1 saturated heterocycles. The van der Waals surface area contributed by atoms with E-state index in [1.165, 1.54) is 0 Å². The summed E-state index contributed by atoms with van der Waals surface area (Å²) >= 11 is 0. The molecule has 0 saturated carbocycles. The number of aromatic nitrogens is 4. The fraction of sp³-hybridized carbons (Fsp3) is 0.368. The van der Waals surface area contributed by atoms with E-state index in [1.807, 2.05) is 47.4 Å². The third kappa shape index (κ3) is 3.61. The molecule has 1 aromatic carbocycles. The number of carbonyl (C=O) groups is 1. The van der Waals surface area contributed by atoms with Gasteiger partial charge in [-0.15, -0.1) is 15.3 Å². The Bertz CT molecular complexity index is 926. The first kappa shape index (κ1) is 17.4. The number of benzene rings is 1. The number of ether oxygens (including phenoxy) is 1. The second-order valence-corrected chi connectivity index (χ2v) is 6.51. The highest BCUT2D eigenvalue weighted by molar-refractivity contribution is 5.77. The molecule has 1 fully saturated rings. The topological polar surface area (TPSA) is 75.9 Å². The predicted molar refractivity (Wildman–Crippen MR) is 102 cm³/mol. The van der Waals surface area contributed by atoms with Gasteiger partial charge in [0.2, 0.25) is 5.91 Å². The van der Waals surface area contributed by atoms with Crippen LogP contribution in [0.5, 0.6) is 0 Å². The van der Waals surface area contributed by atoms with E-state index in [2.05, 4.69) is 15.1 Å². The second-order valence-electron chi connectivity index (χ2n) is 6.51. The van der Waals surface area contributed by atoms with Gasteiger partial charge in [-0.25, -0.2) is 0 Å². The minimum absolute atomic E-state index is 0.0351. The van der Waals surface area contributed by atoms with Gasteiger partial charge in [0.1, 0.15) is 12.4 Å². The van der Waals surface area contributed by atoms with Crippen molar-refractivity contribution < 1.29 is 9.53 Å². The number of methoxy groups -OCH3 is 1. The maximum atomic E-state index is 12.1. The van der Waals surface area contributed by atoms with Gasteiger partial charge in [0.15, 0.2) is 11.5 Å². The van der Waals surface area contributed by atoms with Gasteiger partial charge >= 0.3 is 0 Å². The monoisotopic (exact) mass is 366 g/mol. The number of amides is 1. The summed E-state index contributed by atoms with van der Waals surface area (Å²) in [5, 5.41) is 13.3. The van der Waals surface area contributed by atoms with E-state index in [9.17, 15) is 4.79 Å². The van der Waals surface area contributed by atoms with Gasteiger partial charge in [-0.3, -0.25) is 4.79 Å². The first-order valence-corrected chi connectivity index (χ1v) is 9.06. The molecule has 27 heavy (non-hydrogen) atoms. The van der Waals surface area contributed by atoms with Crippen molar-refractivity contribution in [2.24, 2.45) is 0 Å². The molecule has 1 amide bonds. The van der Waals surface area contributed by atoms with E-state index in [-0.39, 0.29) is 12.5 Å². The molecule has 0 spiro atoms. The minimum Gasteiger partial charge on any atom is -0.375 e. The Balaban J connectivity index is 1.58. The summed E-state index contributed by atoms with van der Waals surface area (Å²) in [5.74, 6) is 1.62. The minimum atomic E-state index is 0.0351. The molecule has 3 aromatic rings. The lowest BCUT2D eigenvalue weighted by molar-refractivity contribution is -0.134. The molecule has 4 rings (SSSR count). The summed E-state index contributed by atoms with van der Waals surface area (Å²) in [4.78, 5) is 16.1. The van der Waals surface area contributed by atoms with Gasteiger partial charge in [-0.1, -0.05) is 30.3 Å². The van der Waals surface area contributed by atoms with Crippen molar-refractivity contribution in [2.45, 2.75) is 6.42 Å². The lowest BCUT2D eigenvalue weighted by Crippen LogP contribution is -2.37. The van der Waals surface area contributed by atoms with E-state index in [1.54, 1.807) is 11.6 Å². The molecule has 140 valence electrons. The van der Waals surface area contributed by atoms with Gasteiger partial charge in [0, 0.05) is 38.9 Å². The Morgan fingerprint density at radius 3 is 2.70 bits per heavy atom. The number of rotatable bonds is 4. The molecule has 0 bridgehead atoms. The normalized spacial score (nSPS) is 15.1. The Morgan fingerprint density at radius 1 is 1.04 bits per heavy atom. The molecule has 1 aliphatic heterocycles. The van der Waals surface area contributed by atoms with E-state index in [0.717, 1.165) is 43.3 Å². The van der Waals surface area contributed by atoms with Gasteiger partial charge in [0.25, 0.3) is 0 Å². The molecule has 0 aliphatic carbocycles. The van der Waals surface area contributed by atoms with E-state index in [0.29, 0.717) is 12.2 Å². The Hall–Kier alpha value is -3.00. The molecule has 0 unspecified atom stereocenters. The van der Waals surface area contributed by atoms with Gasteiger partial charge in [0.05, 0.1) is 0 Å². The summed E-state index contributed by atoms with van der Waals surface area (Å²) in [7, 11) is 1.55. The Kier molecular flexibility index (Phi) is 4.97. The zero-order valence-corrected chi connectivity index (χ0v) is 15.3. The van der Waals surface area contributed by atoms with E-state index < -0.39 is 0 Å². The molecule has 2 aromatic heterocycles. The van der Waals surface area contributed by atoms with Crippen molar-refractivity contribution in [2.75, 3.05) is 44.8 Å². The average molecular weight is 366 g/mol. The molecular weight excluding hydrogens is 344 g/mol. The van der Waals surface area contributed by atoms with Crippen LogP contribution in [0.15, 0.2) is 42.5 Å². The number of hydrogen-bond donors (Lipinski definition) is 0. The van der Waals surface area contributed by atoms with Crippen LogP contribution in [0.4, 0.5) is 5.82 Å². The number of carbonyl (C=O) groups excluding carboxylic acids is 1. The van der Waals surface area contributed by atoms with Crippen LogP contribution in [-0.2, 0) is 9.53 Å². The number of hydrogen-bond acceptors (Lipinski definition) is 6. The molecule has 1 aliphatic rings. The number of fused-ring (bicyclic) bond motifs is 1. The average Bonchev–Trinajstić information content (AvgIpc) is 2.96.